The molecule has 1 atom stereocenters. The lowest BCUT2D eigenvalue weighted by Crippen LogP contribution is -2.42. The van der Waals surface area contributed by atoms with E-state index in [0.717, 1.165) is 17.1 Å². The molecule has 1 amide bonds. The minimum atomic E-state index is -0.164. The third-order valence-electron chi connectivity index (χ3n) is 4.66. The molecule has 0 bridgehead atoms. The molecule has 0 aromatic carbocycles. The first-order valence-electron chi connectivity index (χ1n) is 8.82. The van der Waals surface area contributed by atoms with Crippen LogP contribution < -0.4 is 0 Å². The molecule has 0 fully saturated rings. The summed E-state index contributed by atoms with van der Waals surface area (Å²) < 4.78 is 13.2. The number of amides is 1. The molecule has 27 heavy (non-hydrogen) atoms. The third kappa shape index (κ3) is 3.61. The van der Waals surface area contributed by atoms with Crippen LogP contribution in [0.25, 0.3) is 0 Å². The minimum absolute atomic E-state index is 0.0202. The Morgan fingerprint density at radius 3 is 3.04 bits per heavy atom. The molecular weight excluding hydrogens is 346 g/mol. The van der Waals surface area contributed by atoms with Gasteiger partial charge in [0, 0.05) is 18.4 Å². The average Bonchev–Trinajstić information content (AvgIpc) is 3.29. The van der Waals surface area contributed by atoms with Crippen molar-refractivity contribution in [1.29, 1.82) is 0 Å². The molecule has 3 aromatic rings. The van der Waals surface area contributed by atoms with Crippen LogP contribution in [0.3, 0.4) is 0 Å². The second kappa shape index (κ2) is 7.32. The summed E-state index contributed by atoms with van der Waals surface area (Å²) in [6.07, 6.45) is 4.86. The third-order valence-corrected chi connectivity index (χ3v) is 4.66. The maximum absolute atomic E-state index is 12.8. The predicted octanol–water partition coefficient (Wildman–Crippen LogP) is 2.30. The number of hydrogen-bond acceptors (Lipinski definition) is 6. The van der Waals surface area contributed by atoms with Crippen LogP contribution in [0.5, 0.6) is 0 Å². The zero-order chi connectivity index (χ0) is 18.8. The molecule has 0 aliphatic carbocycles. The number of oxazole rings is 1. The fraction of sp³-hybridized carbons (Fsp3) is 0.368. The number of carbonyl (C=O) groups is 1. The van der Waals surface area contributed by atoms with E-state index in [9.17, 15) is 4.79 Å². The Morgan fingerprint density at radius 2 is 2.26 bits per heavy atom. The zero-order valence-corrected chi connectivity index (χ0v) is 15.3. The highest BCUT2D eigenvalue weighted by molar-refractivity contribution is 5.92. The van der Waals surface area contributed by atoms with Gasteiger partial charge in [-0.1, -0.05) is 6.07 Å². The van der Waals surface area contributed by atoms with Crippen molar-refractivity contribution in [3.8, 4) is 0 Å². The van der Waals surface area contributed by atoms with E-state index in [4.69, 9.17) is 9.15 Å². The van der Waals surface area contributed by atoms with Gasteiger partial charge in [-0.05, 0) is 26.0 Å². The topological polar surface area (TPSA) is 86.3 Å². The maximum atomic E-state index is 12.8. The lowest BCUT2D eigenvalue weighted by atomic mass is 10.1. The number of pyridine rings is 1. The van der Waals surface area contributed by atoms with Crippen molar-refractivity contribution in [1.82, 2.24) is 24.4 Å². The fourth-order valence-corrected chi connectivity index (χ4v) is 3.30. The van der Waals surface area contributed by atoms with Crippen LogP contribution in [0.4, 0.5) is 0 Å². The molecule has 0 saturated carbocycles. The van der Waals surface area contributed by atoms with Gasteiger partial charge < -0.3 is 18.6 Å². The van der Waals surface area contributed by atoms with E-state index in [1.54, 1.807) is 24.3 Å². The van der Waals surface area contributed by atoms with Gasteiger partial charge in [-0.2, -0.15) is 0 Å². The summed E-state index contributed by atoms with van der Waals surface area (Å²) in [6, 6.07) is 5.85. The van der Waals surface area contributed by atoms with E-state index in [0.29, 0.717) is 32.0 Å². The molecule has 4 rings (SSSR count). The molecule has 1 aliphatic heterocycles. The van der Waals surface area contributed by atoms with Crippen LogP contribution in [0.1, 0.15) is 39.4 Å². The van der Waals surface area contributed by atoms with Crippen molar-refractivity contribution >= 4 is 5.91 Å². The predicted molar refractivity (Wildman–Crippen MR) is 95.9 cm³/mol. The number of aromatic nitrogens is 4. The van der Waals surface area contributed by atoms with Crippen LogP contribution in [-0.2, 0) is 17.9 Å². The Kier molecular flexibility index (Phi) is 4.72. The van der Waals surface area contributed by atoms with Crippen molar-refractivity contribution in [3.63, 3.8) is 0 Å². The molecular formula is C19H21N5O3. The van der Waals surface area contributed by atoms with Crippen LogP contribution in [0.15, 0.2) is 41.5 Å². The van der Waals surface area contributed by atoms with Gasteiger partial charge in [0.2, 0.25) is 5.76 Å². The molecule has 4 heterocycles. The molecule has 1 unspecified atom stereocenters. The minimum Gasteiger partial charge on any atom is -0.438 e. The van der Waals surface area contributed by atoms with Crippen LogP contribution >= 0.6 is 0 Å². The molecule has 0 spiro atoms. The fourth-order valence-electron chi connectivity index (χ4n) is 3.30. The van der Waals surface area contributed by atoms with Gasteiger partial charge in [-0.15, -0.1) is 0 Å². The molecule has 0 saturated heterocycles. The van der Waals surface area contributed by atoms with Crippen LogP contribution in [0.2, 0.25) is 0 Å². The first-order chi connectivity index (χ1) is 13.1. The molecule has 1 aliphatic rings. The quantitative estimate of drug-likeness (QED) is 0.688. The van der Waals surface area contributed by atoms with Gasteiger partial charge in [0.15, 0.2) is 6.39 Å². The summed E-state index contributed by atoms with van der Waals surface area (Å²) in [5.74, 6) is 0.120. The zero-order valence-electron chi connectivity index (χ0n) is 15.3. The first-order valence-corrected chi connectivity index (χ1v) is 8.82. The normalized spacial score (nSPS) is 16.4. The van der Waals surface area contributed by atoms with Crippen LogP contribution in [-0.4, -0.2) is 43.5 Å². The van der Waals surface area contributed by atoms with E-state index in [2.05, 4.69) is 19.5 Å². The first kappa shape index (κ1) is 17.4. The number of carbonyl (C=O) groups excluding carboxylic acids is 1. The molecule has 3 aromatic heterocycles. The van der Waals surface area contributed by atoms with E-state index >= 15 is 0 Å². The van der Waals surface area contributed by atoms with Gasteiger partial charge in [-0.3, -0.25) is 9.78 Å². The number of hydrogen-bond donors (Lipinski definition) is 0. The van der Waals surface area contributed by atoms with Gasteiger partial charge in [-0.25, -0.2) is 9.97 Å². The summed E-state index contributed by atoms with van der Waals surface area (Å²) in [6.45, 7) is 5.60. The molecule has 8 nitrogen and oxygen atoms in total. The standard InChI is InChI=1S/C19H21N5O3/c1-13-4-3-5-15(22-13)9-26-10-17-8-23(7-16-6-20-11-24(16)17)19(25)18-14(2)21-12-27-18/h3-6,11-12,17H,7-10H2,1-2H3. The molecule has 8 heteroatoms. The number of imidazole rings is 1. The second-order valence-electron chi connectivity index (χ2n) is 6.68. The maximum Gasteiger partial charge on any atom is 0.291 e. The molecule has 0 radical (unpaired) electrons. The van der Waals surface area contributed by atoms with Crippen molar-refractivity contribution in [2.45, 2.75) is 33.0 Å². The van der Waals surface area contributed by atoms with Gasteiger partial charge in [0.1, 0.15) is 0 Å². The number of rotatable bonds is 5. The highest BCUT2D eigenvalue weighted by Crippen LogP contribution is 2.23. The SMILES string of the molecule is Cc1cccc(COCC2CN(C(=O)c3ocnc3C)Cc3cncn32)n1. The lowest BCUT2D eigenvalue weighted by molar-refractivity contribution is 0.0453. The number of aryl methyl sites for hydroxylation is 2. The van der Waals surface area contributed by atoms with Gasteiger partial charge >= 0.3 is 0 Å². The summed E-state index contributed by atoms with van der Waals surface area (Å²) in [7, 11) is 0. The van der Waals surface area contributed by atoms with Crippen molar-refractivity contribution in [2.24, 2.45) is 0 Å². The van der Waals surface area contributed by atoms with Gasteiger partial charge in [0.25, 0.3) is 5.91 Å². The van der Waals surface area contributed by atoms with E-state index < -0.39 is 0 Å². The average molecular weight is 367 g/mol. The summed E-state index contributed by atoms with van der Waals surface area (Å²) in [4.78, 5) is 27.2. The monoisotopic (exact) mass is 367 g/mol. The molecule has 0 N–H and O–H groups in total. The largest absolute Gasteiger partial charge is 0.438 e. The number of nitrogens with zero attached hydrogens (tertiary/aromatic N) is 5. The van der Waals surface area contributed by atoms with Gasteiger partial charge in [0.05, 0.1) is 49.2 Å². The molecule has 140 valence electrons. The van der Waals surface area contributed by atoms with Crippen molar-refractivity contribution in [2.75, 3.05) is 13.2 Å². The number of fused-ring (bicyclic) bond motifs is 1. The Morgan fingerprint density at radius 1 is 1.37 bits per heavy atom. The Hall–Kier alpha value is -3.00. The summed E-state index contributed by atoms with van der Waals surface area (Å²) in [5.41, 5.74) is 3.41. The van der Waals surface area contributed by atoms with Crippen molar-refractivity contribution < 1.29 is 13.9 Å². The highest BCUT2D eigenvalue weighted by Gasteiger charge is 2.30. The Labute approximate surface area is 156 Å². The van der Waals surface area contributed by atoms with E-state index in [-0.39, 0.29) is 17.7 Å². The highest BCUT2D eigenvalue weighted by atomic mass is 16.5. The number of ether oxygens (including phenoxy) is 1. The van der Waals surface area contributed by atoms with E-state index in [1.807, 2.05) is 25.1 Å². The smallest absolute Gasteiger partial charge is 0.291 e. The Balaban J connectivity index is 1.45. The lowest BCUT2D eigenvalue weighted by Gasteiger charge is -2.34. The Bertz CT molecular complexity index is 948. The second-order valence-corrected chi connectivity index (χ2v) is 6.68. The van der Waals surface area contributed by atoms with Crippen molar-refractivity contribution in [3.05, 3.63) is 65.7 Å². The summed E-state index contributed by atoms with van der Waals surface area (Å²) >= 11 is 0. The van der Waals surface area contributed by atoms with E-state index in [1.165, 1.54) is 6.39 Å². The summed E-state index contributed by atoms with van der Waals surface area (Å²) in [5, 5.41) is 0. The van der Waals surface area contributed by atoms with Crippen LogP contribution in [0, 0.1) is 13.8 Å².